The topological polar surface area (TPSA) is 40.5 Å². The lowest BCUT2D eigenvalue weighted by Gasteiger charge is -2.03. The minimum absolute atomic E-state index is 0. The molecule has 0 aromatic heterocycles. The van der Waals surface area contributed by atoms with Crippen molar-refractivity contribution >= 4 is 40.4 Å². The van der Waals surface area contributed by atoms with Crippen LogP contribution in [0.15, 0.2) is 0 Å². The van der Waals surface area contributed by atoms with E-state index < -0.39 is 5.79 Å². The second-order valence-electron chi connectivity index (χ2n) is 1.49. The normalized spacial score (nSPS) is 8.57. The Labute approximate surface area is 70.2 Å². The summed E-state index contributed by atoms with van der Waals surface area (Å²) >= 11 is 0. The van der Waals surface area contributed by atoms with Gasteiger partial charge in [0.15, 0.2) is 23.1 Å². The van der Waals surface area contributed by atoms with Crippen molar-refractivity contribution in [3.8, 4) is 0 Å². The van der Waals surface area contributed by atoms with E-state index in [1.807, 2.05) is 0 Å². The molecular formula is C3H13AlMgO2. The summed E-state index contributed by atoms with van der Waals surface area (Å²) in [7, 11) is 0. The average molecular weight is 132 g/mol. The standard InChI is InChI=1S/C3H8O2.Al.Mg.5H/c1-3(2,4)5;;;;;;;/h4-5H,1-2H3;;;;;;;. The molecule has 2 N–H and O–H groups in total. The molecule has 0 saturated carbocycles. The molecule has 0 heterocycles. The number of hydrogen-bond donors (Lipinski definition) is 2. The summed E-state index contributed by atoms with van der Waals surface area (Å²) in [5.41, 5.74) is 0. The lowest BCUT2D eigenvalue weighted by molar-refractivity contribution is -0.127. The molecule has 0 aliphatic carbocycles. The van der Waals surface area contributed by atoms with Crippen molar-refractivity contribution in [2.75, 3.05) is 0 Å². The third-order valence-corrected chi connectivity index (χ3v) is 0. The monoisotopic (exact) mass is 132 g/mol. The zero-order chi connectivity index (χ0) is 4.50. The fourth-order valence-corrected chi connectivity index (χ4v) is 0. The van der Waals surface area contributed by atoms with E-state index in [0.29, 0.717) is 0 Å². The van der Waals surface area contributed by atoms with Crippen LogP contribution in [-0.2, 0) is 0 Å². The number of aliphatic hydroxyl groups is 2. The Kier molecular flexibility index (Phi) is 12.0. The van der Waals surface area contributed by atoms with Gasteiger partial charge in [-0.1, -0.05) is 0 Å². The van der Waals surface area contributed by atoms with Gasteiger partial charge in [-0.05, 0) is 13.8 Å². The molecule has 0 aliphatic rings. The molecule has 0 fully saturated rings. The Hall–Kier alpha value is 1.22. The second kappa shape index (κ2) is 5.36. The van der Waals surface area contributed by atoms with Crippen LogP contribution >= 0.6 is 0 Å². The van der Waals surface area contributed by atoms with Gasteiger partial charge in [0.05, 0.1) is 0 Å². The van der Waals surface area contributed by atoms with Gasteiger partial charge in [0.2, 0.25) is 0 Å². The van der Waals surface area contributed by atoms with Crippen LogP contribution in [0, 0.1) is 0 Å². The zero-order valence-electron chi connectivity index (χ0n) is 3.39. The van der Waals surface area contributed by atoms with Gasteiger partial charge in [-0.25, -0.2) is 0 Å². The molecule has 7 heavy (non-hydrogen) atoms. The fourth-order valence-electron chi connectivity index (χ4n) is 0. The Bertz CT molecular complexity index is 28.4. The van der Waals surface area contributed by atoms with Gasteiger partial charge in [-0.15, -0.1) is 0 Å². The van der Waals surface area contributed by atoms with E-state index in [1.165, 1.54) is 13.8 Å². The molecular weight excluding hydrogens is 119 g/mol. The van der Waals surface area contributed by atoms with Crippen molar-refractivity contribution in [2.24, 2.45) is 0 Å². The summed E-state index contributed by atoms with van der Waals surface area (Å²) in [5, 5.41) is 16.2. The molecule has 4 heteroatoms. The summed E-state index contributed by atoms with van der Waals surface area (Å²) in [5.74, 6) is -1.50. The maximum absolute atomic E-state index is 8.08. The quantitative estimate of drug-likeness (QED) is 0.285. The molecule has 0 amide bonds. The maximum atomic E-state index is 8.08. The molecule has 0 radical (unpaired) electrons. The first kappa shape index (κ1) is 15.7. The van der Waals surface area contributed by atoms with Gasteiger partial charge < -0.3 is 10.2 Å². The van der Waals surface area contributed by atoms with Crippen molar-refractivity contribution in [3.05, 3.63) is 0 Å². The summed E-state index contributed by atoms with van der Waals surface area (Å²) in [6, 6.07) is 0. The highest BCUT2D eigenvalue weighted by atomic mass is 27.0. The summed E-state index contributed by atoms with van der Waals surface area (Å²) in [6.45, 7) is 2.60. The van der Waals surface area contributed by atoms with E-state index in [2.05, 4.69) is 0 Å². The zero-order valence-corrected chi connectivity index (χ0v) is 3.39. The van der Waals surface area contributed by atoms with Crippen molar-refractivity contribution in [1.29, 1.82) is 0 Å². The lowest BCUT2D eigenvalue weighted by atomic mass is 10.4. The molecule has 0 rings (SSSR count). The predicted octanol–water partition coefficient (Wildman–Crippen LogP) is -2.39. The van der Waals surface area contributed by atoms with Crippen LogP contribution in [0.5, 0.6) is 0 Å². The van der Waals surface area contributed by atoms with Gasteiger partial charge in [-0.3, -0.25) is 0 Å². The molecule has 0 aromatic carbocycles. The Morgan fingerprint density at radius 2 is 1.14 bits per heavy atom. The first-order valence-corrected chi connectivity index (χ1v) is 1.45. The first-order chi connectivity index (χ1) is 2.00. The predicted molar refractivity (Wildman–Crippen MR) is 37.0 cm³/mol. The Morgan fingerprint density at radius 1 is 1.14 bits per heavy atom. The first-order valence-electron chi connectivity index (χ1n) is 1.45. The fraction of sp³-hybridized carbons (Fsp3) is 1.00. The minimum atomic E-state index is -1.50. The van der Waals surface area contributed by atoms with E-state index >= 15 is 0 Å². The molecule has 42 valence electrons. The van der Waals surface area contributed by atoms with Crippen LogP contribution in [-0.4, -0.2) is 56.4 Å². The van der Waals surface area contributed by atoms with Gasteiger partial charge in [0, 0.05) is 0 Å². The summed E-state index contributed by atoms with van der Waals surface area (Å²) in [4.78, 5) is 0. The smallest absolute Gasteiger partial charge is 0.316 e. The molecule has 0 bridgehead atoms. The van der Waals surface area contributed by atoms with Crippen LogP contribution in [0.25, 0.3) is 0 Å². The molecule has 0 aromatic rings. The molecule has 0 spiro atoms. The van der Waals surface area contributed by atoms with Crippen LogP contribution < -0.4 is 0 Å². The maximum Gasteiger partial charge on any atom is 0.316 e. The SMILES string of the molecule is CC(C)(O)O.[AlH3].[MgH2]. The van der Waals surface area contributed by atoms with E-state index in [4.69, 9.17) is 10.2 Å². The van der Waals surface area contributed by atoms with E-state index in [-0.39, 0.29) is 40.4 Å². The Morgan fingerprint density at radius 3 is 1.14 bits per heavy atom. The molecule has 0 saturated heterocycles. The third kappa shape index (κ3) is 132. The van der Waals surface area contributed by atoms with Crippen molar-refractivity contribution in [1.82, 2.24) is 0 Å². The molecule has 0 atom stereocenters. The number of hydrogen-bond acceptors (Lipinski definition) is 2. The largest absolute Gasteiger partial charge is 0.366 e. The van der Waals surface area contributed by atoms with E-state index in [9.17, 15) is 0 Å². The third-order valence-electron chi connectivity index (χ3n) is 0. The molecule has 2 nitrogen and oxygen atoms in total. The summed E-state index contributed by atoms with van der Waals surface area (Å²) in [6.07, 6.45) is 0. The van der Waals surface area contributed by atoms with Crippen molar-refractivity contribution in [3.63, 3.8) is 0 Å². The van der Waals surface area contributed by atoms with Crippen LogP contribution in [0.4, 0.5) is 0 Å². The molecule has 0 aliphatic heterocycles. The highest BCUT2D eigenvalue weighted by Crippen LogP contribution is 1.88. The van der Waals surface area contributed by atoms with Gasteiger partial charge in [0.25, 0.3) is 0 Å². The molecule has 0 unspecified atom stereocenters. The van der Waals surface area contributed by atoms with Gasteiger partial charge >= 0.3 is 23.1 Å². The number of rotatable bonds is 0. The van der Waals surface area contributed by atoms with Crippen molar-refractivity contribution in [2.45, 2.75) is 19.6 Å². The van der Waals surface area contributed by atoms with Gasteiger partial charge in [0.1, 0.15) is 0 Å². The van der Waals surface area contributed by atoms with Crippen LogP contribution in [0.2, 0.25) is 0 Å². The van der Waals surface area contributed by atoms with Gasteiger partial charge in [-0.2, -0.15) is 0 Å². The highest BCUT2D eigenvalue weighted by Gasteiger charge is 2.00. The summed E-state index contributed by atoms with van der Waals surface area (Å²) < 4.78 is 0. The Balaban J connectivity index is -0.0000000800. The minimum Gasteiger partial charge on any atom is -0.366 e. The average Bonchev–Trinajstić information content (AvgIpc) is 0.722. The van der Waals surface area contributed by atoms with Crippen molar-refractivity contribution < 1.29 is 10.2 Å². The van der Waals surface area contributed by atoms with Crippen LogP contribution in [0.1, 0.15) is 13.8 Å². The van der Waals surface area contributed by atoms with E-state index in [1.54, 1.807) is 0 Å². The van der Waals surface area contributed by atoms with E-state index in [0.717, 1.165) is 0 Å². The lowest BCUT2D eigenvalue weighted by Crippen LogP contribution is -2.15. The van der Waals surface area contributed by atoms with Crippen LogP contribution in [0.3, 0.4) is 0 Å². The highest BCUT2D eigenvalue weighted by molar-refractivity contribution is 5.76. The second-order valence-corrected chi connectivity index (χ2v) is 1.49.